The van der Waals surface area contributed by atoms with Gasteiger partial charge in [-0.1, -0.05) is 5.11 Å². The van der Waals surface area contributed by atoms with Crippen molar-refractivity contribution < 1.29 is 24.4 Å². The number of fused-ring (bicyclic) bond motifs is 1. The van der Waals surface area contributed by atoms with Gasteiger partial charge in [-0.2, -0.15) is 0 Å². The van der Waals surface area contributed by atoms with Gasteiger partial charge in [0.1, 0.15) is 18.3 Å². The third-order valence-electron chi connectivity index (χ3n) is 2.80. The summed E-state index contributed by atoms with van der Waals surface area (Å²) in [6, 6.07) is -0.714. The highest BCUT2D eigenvalue weighted by atomic mass is 16.8. The number of hydrogen-bond donors (Lipinski definition) is 2. The van der Waals surface area contributed by atoms with E-state index < -0.39 is 43.0 Å². The van der Waals surface area contributed by atoms with E-state index in [1.165, 1.54) is 0 Å². The fourth-order valence-corrected chi connectivity index (χ4v) is 2.13. The second-order valence-corrected chi connectivity index (χ2v) is 4.51. The summed E-state index contributed by atoms with van der Waals surface area (Å²) in [6.07, 6.45) is -3.20. The molecule has 0 amide bonds. The predicted molar refractivity (Wildman–Crippen MR) is 54.7 cm³/mol. The van der Waals surface area contributed by atoms with Crippen LogP contribution in [-0.2, 0) is 14.2 Å². The minimum absolute atomic E-state index is 0.481. The van der Waals surface area contributed by atoms with E-state index in [1.54, 1.807) is 13.8 Å². The van der Waals surface area contributed by atoms with Gasteiger partial charge in [0.25, 0.3) is 0 Å². The quantitative estimate of drug-likeness (QED) is 0.409. The monoisotopic (exact) mass is 245 g/mol. The molecule has 0 aromatic carbocycles. The maximum absolute atomic E-state index is 9.57. The molecule has 2 rings (SSSR count). The van der Waals surface area contributed by atoms with Gasteiger partial charge in [0.05, 0.1) is 12.6 Å². The summed E-state index contributed by atoms with van der Waals surface area (Å²) in [5.74, 6) is -0.812. The number of rotatable bonds is 3. The first kappa shape index (κ1) is 12.6. The molecule has 0 spiro atoms. The third kappa shape index (κ3) is 2.23. The van der Waals surface area contributed by atoms with Crippen molar-refractivity contribution in [3.05, 3.63) is 10.4 Å². The van der Waals surface area contributed by atoms with Crippen LogP contribution in [0.25, 0.3) is 10.4 Å². The molecule has 5 atom stereocenters. The molecule has 0 bridgehead atoms. The summed E-state index contributed by atoms with van der Waals surface area (Å²) in [7, 11) is 0. The largest absolute Gasteiger partial charge is 0.394 e. The number of ether oxygens (including phenoxy) is 3. The molecule has 96 valence electrons. The van der Waals surface area contributed by atoms with Crippen LogP contribution in [-0.4, -0.2) is 53.3 Å². The van der Waals surface area contributed by atoms with Gasteiger partial charge in [0.2, 0.25) is 0 Å². The van der Waals surface area contributed by atoms with Crippen molar-refractivity contribution in [2.75, 3.05) is 6.61 Å². The highest BCUT2D eigenvalue weighted by Crippen LogP contribution is 2.39. The second-order valence-electron chi connectivity index (χ2n) is 4.51. The van der Waals surface area contributed by atoms with Crippen LogP contribution in [0.5, 0.6) is 0 Å². The van der Waals surface area contributed by atoms with Crippen molar-refractivity contribution in [3.8, 4) is 0 Å². The predicted octanol–water partition coefficient (Wildman–Crippen LogP) is -0.105. The van der Waals surface area contributed by atoms with E-state index in [9.17, 15) is 5.11 Å². The highest BCUT2D eigenvalue weighted by Gasteiger charge is 2.55. The Labute approximate surface area is 97.7 Å². The van der Waals surface area contributed by atoms with E-state index in [1.807, 2.05) is 0 Å². The van der Waals surface area contributed by atoms with Gasteiger partial charge in [-0.05, 0) is 19.4 Å². The summed E-state index contributed by atoms with van der Waals surface area (Å²) in [5, 5.41) is 22.0. The Kier molecular flexibility index (Phi) is 3.26. The van der Waals surface area contributed by atoms with E-state index in [0.717, 1.165) is 0 Å². The lowest BCUT2D eigenvalue weighted by atomic mass is 10.0. The van der Waals surface area contributed by atoms with Crippen LogP contribution in [0.15, 0.2) is 5.11 Å². The normalized spacial score (nSPS) is 40.7. The molecular weight excluding hydrogens is 230 g/mol. The van der Waals surface area contributed by atoms with Crippen LogP contribution in [0, 0.1) is 0 Å². The molecule has 2 heterocycles. The van der Waals surface area contributed by atoms with Crippen LogP contribution in [0.2, 0.25) is 0 Å². The van der Waals surface area contributed by atoms with Crippen molar-refractivity contribution >= 4 is 0 Å². The highest BCUT2D eigenvalue weighted by molar-refractivity contribution is 5.00. The van der Waals surface area contributed by atoms with Gasteiger partial charge in [0.15, 0.2) is 12.1 Å². The average Bonchev–Trinajstić information content (AvgIpc) is 2.72. The smallest absolute Gasteiger partial charge is 0.188 e. The molecule has 0 saturated carbocycles. The minimum atomic E-state index is -1.13. The Morgan fingerprint density at radius 3 is 2.76 bits per heavy atom. The Hall–Kier alpha value is -0.890. The molecule has 2 N–H and O–H groups in total. The summed E-state index contributed by atoms with van der Waals surface area (Å²) in [4.78, 5) is 2.71. The van der Waals surface area contributed by atoms with Gasteiger partial charge in [-0.25, -0.2) is 0 Å². The molecule has 0 radical (unpaired) electrons. The third-order valence-corrected chi connectivity index (χ3v) is 2.80. The zero-order valence-electron chi connectivity index (χ0n) is 9.55. The van der Waals surface area contributed by atoms with Crippen molar-refractivity contribution in [2.45, 2.75) is 50.3 Å². The zero-order valence-corrected chi connectivity index (χ0v) is 9.55. The SMILES string of the molecule is CC1(C)O[C@H]2O[C@H](C(O)CO)[C@H](N=[N+]=[N-])[C@H]2O1. The number of aliphatic hydroxyl groups is 2. The number of aliphatic hydroxyl groups excluding tert-OH is 2. The Morgan fingerprint density at radius 1 is 1.47 bits per heavy atom. The van der Waals surface area contributed by atoms with E-state index in [2.05, 4.69) is 10.0 Å². The fourth-order valence-electron chi connectivity index (χ4n) is 2.13. The van der Waals surface area contributed by atoms with Gasteiger partial charge in [-0.3, -0.25) is 0 Å². The van der Waals surface area contributed by atoms with Crippen LogP contribution in [0.4, 0.5) is 0 Å². The summed E-state index contributed by atoms with van der Waals surface area (Å²) < 4.78 is 16.4. The first-order valence-electron chi connectivity index (χ1n) is 5.33. The molecule has 17 heavy (non-hydrogen) atoms. The first-order chi connectivity index (χ1) is 7.98. The molecule has 2 fully saturated rings. The number of azide groups is 1. The van der Waals surface area contributed by atoms with Crippen LogP contribution in [0.3, 0.4) is 0 Å². The molecule has 2 aliphatic heterocycles. The molecule has 8 nitrogen and oxygen atoms in total. The summed E-state index contributed by atoms with van der Waals surface area (Å²) in [6.45, 7) is 2.96. The standard InChI is InChI=1S/C9H15N3O5/c1-9(2)16-7-5(11-12-10)6(4(14)3-13)15-8(7)17-9/h4-8,13-14H,3H2,1-2H3/t4?,5-,6+,7+,8+/m0/s1. The molecule has 0 aromatic rings. The summed E-state index contributed by atoms with van der Waals surface area (Å²) >= 11 is 0. The van der Waals surface area contributed by atoms with Gasteiger partial charge in [0, 0.05) is 4.91 Å². The molecule has 0 aromatic heterocycles. The first-order valence-corrected chi connectivity index (χ1v) is 5.33. The van der Waals surface area contributed by atoms with E-state index in [4.69, 9.17) is 24.8 Å². The minimum Gasteiger partial charge on any atom is -0.394 e. The Bertz CT molecular complexity index is 344. The molecule has 0 aliphatic carbocycles. The van der Waals surface area contributed by atoms with Gasteiger partial charge < -0.3 is 24.4 Å². The van der Waals surface area contributed by atoms with Gasteiger partial charge in [-0.15, -0.1) is 0 Å². The number of nitrogens with zero attached hydrogens (tertiary/aromatic N) is 3. The Balaban J connectivity index is 2.18. The molecule has 1 unspecified atom stereocenters. The fraction of sp³-hybridized carbons (Fsp3) is 1.00. The maximum atomic E-state index is 9.57. The van der Waals surface area contributed by atoms with Crippen molar-refractivity contribution in [2.24, 2.45) is 5.11 Å². The maximum Gasteiger partial charge on any atom is 0.188 e. The number of hydrogen-bond acceptors (Lipinski definition) is 6. The van der Waals surface area contributed by atoms with Crippen molar-refractivity contribution in [1.82, 2.24) is 0 Å². The van der Waals surface area contributed by atoms with Crippen molar-refractivity contribution in [1.29, 1.82) is 0 Å². The van der Waals surface area contributed by atoms with Gasteiger partial charge >= 0.3 is 0 Å². The molecule has 2 aliphatic rings. The van der Waals surface area contributed by atoms with Crippen LogP contribution >= 0.6 is 0 Å². The zero-order chi connectivity index (χ0) is 12.6. The summed E-state index contributed by atoms with van der Waals surface area (Å²) in [5.41, 5.74) is 8.51. The van der Waals surface area contributed by atoms with Crippen molar-refractivity contribution in [3.63, 3.8) is 0 Å². The lowest BCUT2D eigenvalue weighted by molar-refractivity contribution is -0.217. The van der Waals surface area contributed by atoms with Crippen LogP contribution in [0.1, 0.15) is 13.8 Å². The Morgan fingerprint density at radius 2 is 2.18 bits per heavy atom. The molecule has 2 saturated heterocycles. The lowest BCUT2D eigenvalue weighted by Crippen LogP contribution is -2.41. The second kappa shape index (κ2) is 4.41. The lowest BCUT2D eigenvalue weighted by Gasteiger charge is -2.25. The van der Waals surface area contributed by atoms with E-state index >= 15 is 0 Å². The van der Waals surface area contributed by atoms with E-state index in [0.29, 0.717) is 0 Å². The molecule has 8 heteroatoms. The topological polar surface area (TPSA) is 117 Å². The van der Waals surface area contributed by atoms with Crippen LogP contribution < -0.4 is 0 Å². The molecular formula is C9H15N3O5. The van der Waals surface area contributed by atoms with E-state index in [-0.39, 0.29) is 0 Å². The average molecular weight is 245 g/mol.